The molecular formula is C36H53NO3. The molecule has 1 unspecified atom stereocenters. The fourth-order valence-electron chi connectivity index (χ4n) is 5.82. The topological polar surface area (TPSA) is 40.5 Å². The van der Waals surface area contributed by atoms with Gasteiger partial charge in [0.15, 0.2) is 0 Å². The van der Waals surface area contributed by atoms with Crippen molar-refractivity contribution >= 4 is 16.9 Å². The molecule has 0 N–H and O–H groups in total. The van der Waals surface area contributed by atoms with Crippen LogP contribution in [0.5, 0.6) is 5.75 Å². The Morgan fingerprint density at radius 2 is 1.45 bits per heavy atom. The minimum atomic E-state index is -0.676. The molecule has 1 aromatic heterocycles. The number of esters is 1. The van der Waals surface area contributed by atoms with Gasteiger partial charge in [-0.25, -0.2) is 0 Å². The summed E-state index contributed by atoms with van der Waals surface area (Å²) < 4.78 is 15.2. The third kappa shape index (κ3) is 8.62. The average molecular weight is 548 g/mol. The second kappa shape index (κ2) is 11.6. The lowest BCUT2D eigenvalue weighted by Gasteiger charge is -2.39. The van der Waals surface area contributed by atoms with Gasteiger partial charge < -0.3 is 14.0 Å². The number of hydrogen-bond donors (Lipinski definition) is 0. The molecule has 1 atom stereocenters. The second-order valence-electron chi connectivity index (χ2n) is 15.5. The molecule has 0 aliphatic rings. The van der Waals surface area contributed by atoms with Gasteiger partial charge in [-0.15, -0.1) is 0 Å². The Hall–Kier alpha value is -2.75. The first-order valence-corrected chi connectivity index (χ1v) is 14.9. The van der Waals surface area contributed by atoms with E-state index in [2.05, 4.69) is 128 Å². The number of carbonyl (C=O) groups is 1. The minimum absolute atomic E-state index is 0.0374. The standard InChI is InChI=1S/C36H53NO3/c1-25(2)23-37-30(26-16-14-13-15-17-26)20-27-18-19-28(21-31(27)37)39-35(9,10)24-36(11,12)40-32(38)29(34(6,7)8)22-33(3,4)5/h13-21,25,29H,22-24H2,1-12H3. The molecule has 2 aromatic carbocycles. The van der Waals surface area contributed by atoms with E-state index in [0.717, 1.165) is 18.7 Å². The molecule has 0 radical (unpaired) electrons. The fourth-order valence-corrected chi connectivity index (χ4v) is 5.82. The van der Waals surface area contributed by atoms with Gasteiger partial charge in [-0.05, 0) is 74.6 Å². The summed E-state index contributed by atoms with van der Waals surface area (Å²) in [6, 6.07) is 19.2. The lowest BCUT2D eigenvalue weighted by atomic mass is 9.72. The molecule has 3 rings (SSSR count). The molecule has 40 heavy (non-hydrogen) atoms. The van der Waals surface area contributed by atoms with Crippen molar-refractivity contribution in [3.05, 3.63) is 54.6 Å². The van der Waals surface area contributed by atoms with Gasteiger partial charge >= 0.3 is 5.97 Å². The van der Waals surface area contributed by atoms with E-state index in [1.54, 1.807) is 0 Å². The van der Waals surface area contributed by atoms with Crippen LogP contribution in [-0.2, 0) is 16.1 Å². The Kier molecular flexibility index (Phi) is 9.23. The summed E-state index contributed by atoms with van der Waals surface area (Å²) >= 11 is 0. The van der Waals surface area contributed by atoms with Crippen LogP contribution in [0.3, 0.4) is 0 Å². The smallest absolute Gasteiger partial charge is 0.310 e. The molecule has 1 heterocycles. The van der Waals surface area contributed by atoms with Crippen molar-refractivity contribution in [2.45, 2.75) is 114 Å². The van der Waals surface area contributed by atoms with Crippen molar-refractivity contribution in [3.63, 3.8) is 0 Å². The highest BCUT2D eigenvalue weighted by Crippen LogP contribution is 2.39. The first-order valence-electron chi connectivity index (χ1n) is 14.9. The molecule has 0 saturated heterocycles. The zero-order valence-corrected chi connectivity index (χ0v) is 27.1. The zero-order valence-electron chi connectivity index (χ0n) is 27.1. The normalized spacial score (nSPS) is 14.0. The average Bonchev–Trinajstić information content (AvgIpc) is 3.12. The molecule has 0 amide bonds. The van der Waals surface area contributed by atoms with Crippen LogP contribution in [0.15, 0.2) is 54.6 Å². The predicted octanol–water partition coefficient (Wildman–Crippen LogP) is 9.93. The molecule has 4 nitrogen and oxygen atoms in total. The summed E-state index contributed by atoms with van der Waals surface area (Å²) in [6.45, 7) is 26.5. The number of carbonyl (C=O) groups excluding carboxylic acids is 1. The maximum Gasteiger partial charge on any atom is 0.310 e. The minimum Gasteiger partial charge on any atom is -0.488 e. The number of aromatic nitrogens is 1. The summed E-state index contributed by atoms with van der Waals surface area (Å²) in [7, 11) is 0. The van der Waals surface area contributed by atoms with Gasteiger partial charge in [-0.2, -0.15) is 0 Å². The third-order valence-corrected chi connectivity index (χ3v) is 7.26. The summed E-state index contributed by atoms with van der Waals surface area (Å²) in [5.41, 5.74) is 2.24. The Labute approximate surface area is 243 Å². The van der Waals surface area contributed by atoms with Crippen molar-refractivity contribution in [2.75, 3.05) is 0 Å². The quantitative estimate of drug-likeness (QED) is 0.237. The number of nitrogens with zero attached hydrogens (tertiary/aromatic N) is 1. The maximum absolute atomic E-state index is 13.5. The number of ether oxygens (including phenoxy) is 2. The lowest BCUT2D eigenvalue weighted by Crippen LogP contribution is -2.43. The highest BCUT2D eigenvalue weighted by Gasteiger charge is 2.40. The van der Waals surface area contributed by atoms with Crippen molar-refractivity contribution in [1.29, 1.82) is 0 Å². The molecule has 0 aliphatic heterocycles. The maximum atomic E-state index is 13.5. The van der Waals surface area contributed by atoms with E-state index >= 15 is 0 Å². The lowest BCUT2D eigenvalue weighted by molar-refractivity contribution is -0.170. The largest absolute Gasteiger partial charge is 0.488 e. The van der Waals surface area contributed by atoms with Crippen LogP contribution in [0, 0.1) is 22.7 Å². The Bertz CT molecular complexity index is 1280. The van der Waals surface area contributed by atoms with E-state index in [0.29, 0.717) is 12.3 Å². The Morgan fingerprint density at radius 1 is 0.825 bits per heavy atom. The first-order chi connectivity index (χ1) is 18.3. The van der Waals surface area contributed by atoms with E-state index in [-0.39, 0.29) is 22.7 Å². The first kappa shape index (κ1) is 31.8. The van der Waals surface area contributed by atoms with E-state index < -0.39 is 11.2 Å². The summed E-state index contributed by atoms with van der Waals surface area (Å²) in [6.07, 6.45) is 1.35. The van der Waals surface area contributed by atoms with Crippen LogP contribution in [0.4, 0.5) is 0 Å². The van der Waals surface area contributed by atoms with Crippen molar-refractivity contribution < 1.29 is 14.3 Å². The molecule has 0 spiro atoms. The molecule has 0 aliphatic carbocycles. The zero-order chi connectivity index (χ0) is 30.1. The third-order valence-electron chi connectivity index (χ3n) is 7.26. The van der Waals surface area contributed by atoms with Crippen molar-refractivity contribution in [2.24, 2.45) is 22.7 Å². The van der Waals surface area contributed by atoms with Crippen LogP contribution in [-0.4, -0.2) is 21.7 Å². The molecular weight excluding hydrogens is 494 g/mol. The van der Waals surface area contributed by atoms with Gasteiger partial charge in [0.25, 0.3) is 0 Å². The molecule has 220 valence electrons. The number of fused-ring (bicyclic) bond motifs is 1. The Balaban J connectivity index is 1.83. The molecule has 0 saturated carbocycles. The van der Waals surface area contributed by atoms with E-state index in [9.17, 15) is 4.79 Å². The van der Waals surface area contributed by atoms with Gasteiger partial charge in [0, 0.05) is 30.1 Å². The van der Waals surface area contributed by atoms with Gasteiger partial charge in [0.05, 0.1) is 11.4 Å². The Morgan fingerprint density at radius 3 is 2.00 bits per heavy atom. The fraction of sp³-hybridized carbons (Fsp3) is 0.583. The van der Waals surface area contributed by atoms with E-state index in [1.165, 1.54) is 22.2 Å². The van der Waals surface area contributed by atoms with Crippen LogP contribution in [0.1, 0.15) is 95.9 Å². The van der Waals surface area contributed by atoms with Gasteiger partial charge in [-0.3, -0.25) is 4.79 Å². The molecule has 0 bridgehead atoms. The molecule has 3 aromatic rings. The monoisotopic (exact) mass is 547 g/mol. The predicted molar refractivity (Wildman–Crippen MR) is 169 cm³/mol. The van der Waals surface area contributed by atoms with Crippen molar-refractivity contribution in [3.8, 4) is 17.0 Å². The van der Waals surface area contributed by atoms with Crippen LogP contribution in [0.2, 0.25) is 0 Å². The highest BCUT2D eigenvalue weighted by molar-refractivity contribution is 5.88. The van der Waals surface area contributed by atoms with Gasteiger partial charge in [-0.1, -0.05) is 85.7 Å². The number of benzene rings is 2. The summed E-state index contributed by atoms with van der Waals surface area (Å²) in [5, 5.41) is 1.20. The summed E-state index contributed by atoms with van der Waals surface area (Å²) in [4.78, 5) is 13.5. The van der Waals surface area contributed by atoms with Crippen LogP contribution < -0.4 is 4.74 Å². The molecule has 4 heteroatoms. The second-order valence-corrected chi connectivity index (χ2v) is 15.5. The molecule has 0 fully saturated rings. The van der Waals surface area contributed by atoms with Crippen LogP contribution in [0.25, 0.3) is 22.2 Å². The number of hydrogen-bond acceptors (Lipinski definition) is 3. The van der Waals surface area contributed by atoms with E-state index in [4.69, 9.17) is 9.47 Å². The highest BCUT2D eigenvalue weighted by atomic mass is 16.6. The van der Waals surface area contributed by atoms with E-state index in [1.807, 2.05) is 13.8 Å². The van der Waals surface area contributed by atoms with Crippen LogP contribution >= 0.6 is 0 Å². The van der Waals surface area contributed by atoms with Crippen molar-refractivity contribution in [1.82, 2.24) is 4.57 Å². The van der Waals surface area contributed by atoms with Gasteiger partial charge in [0.1, 0.15) is 17.0 Å². The SMILES string of the molecule is CC(C)Cn1c(-c2ccccc2)cc2ccc(OC(C)(C)CC(C)(C)OC(=O)C(CC(C)(C)C)C(C)(C)C)cc21. The number of rotatable bonds is 10. The summed E-state index contributed by atoms with van der Waals surface area (Å²) in [5.74, 6) is 1.03. The van der Waals surface area contributed by atoms with Gasteiger partial charge in [0.2, 0.25) is 0 Å².